The van der Waals surface area contributed by atoms with Crippen molar-refractivity contribution in [2.45, 2.75) is 18.9 Å². The molecule has 5 heteroatoms. The maximum atomic E-state index is 12.6. The topological polar surface area (TPSA) is 53.4 Å². The van der Waals surface area contributed by atoms with Crippen LogP contribution in [0.25, 0.3) is 0 Å². The van der Waals surface area contributed by atoms with E-state index < -0.39 is 11.9 Å². The van der Waals surface area contributed by atoms with E-state index in [-0.39, 0.29) is 6.04 Å². The molecule has 2 rings (SSSR count). The van der Waals surface area contributed by atoms with Crippen molar-refractivity contribution in [1.29, 1.82) is 0 Å². The molecule has 1 N–H and O–H groups in total. The van der Waals surface area contributed by atoms with Gasteiger partial charge in [-0.3, -0.25) is 9.88 Å². The highest BCUT2D eigenvalue weighted by atomic mass is 19.1. The number of amides is 1. The first-order valence-corrected chi connectivity index (χ1v) is 4.79. The number of nitrogens with zero attached hydrogens (tertiary/aromatic N) is 2. The molecule has 0 spiro atoms. The van der Waals surface area contributed by atoms with Gasteiger partial charge in [-0.25, -0.2) is 9.18 Å². The van der Waals surface area contributed by atoms with Crippen LogP contribution in [0.2, 0.25) is 0 Å². The summed E-state index contributed by atoms with van der Waals surface area (Å²) in [6.45, 7) is 0.527. The second-order valence-corrected chi connectivity index (χ2v) is 3.54. The molecule has 1 fully saturated rings. The zero-order chi connectivity index (χ0) is 10.8. The monoisotopic (exact) mass is 210 g/mol. The Labute approximate surface area is 86.4 Å². The van der Waals surface area contributed by atoms with Crippen molar-refractivity contribution in [3.8, 4) is 0 Å². The van der Waals surface area contributed by atoms with E-state index in [1.54, 1.807) is 6.07 Å². The van der Waals surface area contributed by atoms with Crippen molar-refractivity contribution in [1.82, 2.24) is 9.88 Å². The summed E-state index contributed by atoms with van der Waals surface area (Å²) in [5.74, 6) is -0.404. The van der Waals surface area contributed by atoms with Gasteiger partial charge in [-0.1, -0.05) is 0 Å². The van der Waals surface area contributed by atoms with Crippen molar-refractivity contribution in [3.63, 3.8) is 0 Å². The molecule has 0 bridgehead atoms. The summed E-state index contributed by atoms with van der Waals surface area (Å²) in [7, 11) is 0. The Bertz CT molecular complexity index is 366. The van der Waals surface area contributed by atoms with Crippen LogP contribution in [0.4, 0.5) is 9.18 Å². The Balaban J connectivity index is 2.22. The Morgan fingerprint density at radius 2 is 2.40 bits per heavy atom. The molecule has 1 amide bonds. The summed E-state index contributed by atoms with van der Waals surface area (Å²) in [6.07, 6.45) is 1.76. The third-order valence-electron chi connectivity index (χ3n) is 2.59. The van der Waals surface area contributed by atoms with Crippen molar-refractivity contribution < 1.29 is 14.3 Å². The van der Waals surface area contributed by atoms with Gasteiger partial charge in [0, 0.05) is 6.54 Å². The van der Waals surface area contributed by atoms with Crippen LogP contribution in [-0.2, 0) is 0 Å². The molecule has 1 aromatic rings. The summed E-state index contributed by atoms with van der Waals surface area (Å²) in [4.78, 5) is 16.1. The van der Waals surface area contributed by atoms with E-state index in [0.717, 1.165) is 19.0 Å². The fourth-order valence-electron chi connectivity index (χ4n) is 1.89. The zero-order valence-corrected chi connectivity index (χ0v) is 8.06. The highest BCUT2D eigenvalue weighted by Gasteiger charge is 2.30. The van der Waals surface area contributed by atoms with Crippen LogP contribution < -0.4 is 0 Å². The third-order valence-corrected chi connectivity index (χ3v) is 2.59. The number of hydrogen-bond acceptors (Lipinski definition) is 2. The van der Waals surface area contributed by atoms with Gasteiger partial charge in [0.25, 0.3) is 0 Å². The Kier molecular flexibility index (Phi) is 2.53. The minimum Gasteiger partial charge on any atom is -0.465 e. The van der Waals surface area contributed by atoms with Crippen LogP contribution in [0.1, 0.15) is 24.6 Å². The highest BCUT2D eigenvalue weighted by molar-refractivity contribution is 5.66. The number of pyridine rings is 1. The van der Waals surface area contributed by atoms with Crippen LogP contribution in [0, 0.1) is 5.82 Å². The largest absolute Gasteiger partial charge is 0.465 e. The van der Waals surface area contributed by atoms with Crippen LogP contribution in [0.5, 0.6) is 0 Å². The molecule has 0 aromatic carbocycles. The van der Waals surface area contributed by atoms with Gasteiger partial charge < -0.3 is 5.11 Å². The van der Waals surface area contributed by atoms with Crippen molar-refractivity contribution in [3.05, 3.63) is 29.8 Å². The second-order valence-electron chi connectivity index (χ2n) is 3.54. The van der Waals surface area contributed by atoms with E-state index in [2.05, 4.69) is 4.98 Å². The predicted octanol–water partition coefficient (Wildman–Crippen LogP) is 2.04. The summed E-state index contributed by atoms with van der Waals surface area (Å²) in [5.41, 5.74) is 0.622. The van der Waals surface area contributed by atoms with Crippen LogP contribution in [0.15, 0.2) is 18.3 Å². The molecule has 4 nitrogen and oxygen atoms in total. The van der Waals surface area contributed by atoms with Gasteiger partial charge in [0.05, 0.1) is 17.9 Å². The van der Waals surface area contributed by atoms with E-state index in [1.807, 2.05) is 0 Å². The number of hydrogen-bond donors (Lipinski definition) is 1. The number of rotatable bonds is 1. The van der Waals surface area contributed by atoms with Crippen LogP contribution in [0.3, 0.4) is 0 Å². The molecule has 2 heterocycles. The molecule has 1 saturated heterocycles. The summed E-state index contributed by atoms with van der Waals surface area (Å²) >= 11 is 0. The van der Waals surface area contributed by atoms with E-state index >= 15 is 0 Å². The summed E-state index contributed by atoms with van der Waals surface area (Å²) in [5, 5.41) is 8.92. The minimum absolute atomic E-state index is 0.219. The van der Waals surface area contributed by atoms with Crippen LogP contribution in [-0.4, -0.2) is 27.6 Å². The minimum atomic E-state index is -0.941. The fraction of sp³-hybridized carbons (Fsp3) is 0.400. The van der Waals surface area contributed by atoms with E-state index in [9.17, 15) is 9.18 Å². The summed E-state index contributed by atoms with van der Waals surface area (Å²) < 4.78 is 12.6. The normalized spacial score (nSPS) is 20.6. The van der Waals surface area contributed by atoms with Crippen molar-refractivity contribution in [2.75, 3.05) is 6.54 Å². The highest BCUT2D eigenvalue weighted by Crippen LogP contribution is 2.30. The lowest BCUT2D eigenvalue weighted by Crippen LogP contribution is -2.29. The average Bonchev–Trinajstić information content (AvgIpc) is 2.67. The molecule has 15 heavy (non-hydrogen) atoms. The molecule has 0 radical (unpaired) electrons. The van der Waals surface area contributed by atoms with Gasteiger partial charge in [0.1, 0.15) is 5.82 Å². The lowest BCUT2D eigenvalue weighted by molar-refractivity contribution is 0.139. The molecule has 1 atom stereocenters. The van der Waals surface area contributed by atoms with Gasteiger partial charge >= 0.3 is 6.09 Å². The summed E-state index contributed by atoms with van der Waals surface area (Å²) in [6, 6.07) is 2.63. The lowest BCUT2D eigenvalue weighted by atomic mass is 10.1. The lowest BCUT2D eigenvalue weighted by Gasteiger charge is -2.20. The SMILES string of the molecule is O=C(O)N1CCCC1c1ccc(F)cn1. The number of likely N-dealkylation sites (tertiary alicyclic amines) is 1. The number of halogens is 1. The van der Waals surface area contributed by atoms with E-state index in [4.69, 9.17) is 5.11 Å². The van der Waals surface area contributed by atoms with Gasteiger partial charge in [-0.15, -0.1) is 0 Å². The molecule has 1 aliphatic rings. The molecular formula is C10H11FN2O2. The fourth-order valence-corrected chi connectivity index (χ4v) is 1.89. The molecular weight excluding hydrogens is 199 g/mol. The quantitative estimate of drug-likeness (QED) is 0.771. The Morgan fingerprint density at radius 1 is 1.60 bits per heavy atom. The molecule has 1 aromatic heterocycles. The van der Waals surface area contributed by atoms with Gasteiger partial charge in [-0.05, 0) is 25.0 Å². The first-order valence-electron chi connectivity index (χ1n) is 4.79. The first-order chi connectivity index (χ1) is 7.18. The maximum absolute atomic E-state index is 12.6. The maximum Gasteiger partial charge on any atom is 0.407 e. The predicted molar refractivity (Wildman–Crippen MR) is 50.9 cm³/mol. The van der Waals surface area contributed by atoms with Gasteiger partial charge in [-0.2, -0.15) is 0 Å². The number of carbonyl (C=O) groups is 1. The molecule has 80 valence electrons. The Hall–Kier alpha value is -1.65. The molecule has 1 unspecified atom stereocenters. The zero-order valence-electron chi connectivity index (χ0n) is 8.06. The average molecular weight is 210 g/mol. The van der Waals surface area contributed by atoms with Gasteiger partial charge in [0.2, 0.25) is 0 Å². The molecule has 0 saturated carbocycles. The standard InChI is InChI=1S/C10H11FN2O2/c11-7-3-4-8(12-6-7)9-2-1-5-13(9)10(14)15/h3-4,6,9H,1-2,5H2,(H,14,15). The second kappa shape index (κ2) is 3.84. The first kappa shape index (κ1) is 9.89. The van der Waals surface area contributed by atoms with E-state index in [0.29, 0.717) is 12.2 Å². The van der Waals surface area contributed by atoms with Gasteiger partial charge in [0.15, 0.2) is 0 Å². The van der Waals surface area contributed by atoms with E-state index in [1.165, 1.54) is 11.0 Å². The Morgan fingerprint density at radius 3 is 3.00 bits per heavy atom. The van der Waals surface area contributed by atoms with Crippen molar-refractivity contribution in [2.24, 2.45) is 0 Å². The molecule has 0 aliphatic carbocycles. The third kappa shape index (κ3) is 1.91. The van der Waals surface area contributed by atoms with Crippen LogP contribution >= 0.6 is 0 Å². The smallest absolute Gasteiger partial charge is 0.407 e. The number of carboxylic acid groups (broad SMARTS) is 1. The number of aromatic nitrogens is 1. The molecule has 1 aliphatic heterocycles. The van der Waals surface area contributed by atoms with Crippen molar-refractivity contribution >= 4 is 6.09 Å².